The van der Waals surface area contributed by atoms with Crippen molar-refractivity contribution in [3.63, 3.8) is 0 Å². The first kappa shape index (κ1) is 15.9. The van der Waals surface area contributed by atoms with Gasteiger partial charge in [0.05, 0.1) is 12.8 Å². The van der Waals surface area contributed by atoms with Crippen LogP contribution in [0.25, 0.3) is 0 Å². The van der Waals surface area contributed by atoms with Crippen molar-refractivity contribution in [1.29, 1.82) is 0 Å². The highest BCUT2D eigenvalue weighted by Gasteiger charge is 2.28. The van der Waals surface area contributed by atoms with Gasteiger partial charge >= 0.3 is 0 Å². The summed E-state index contributed by atoms with van der Waals surface area (Å²) in [6, 6.07) is 5.00. The largest absolute Gasteiger partial charge is 0.492 e. The monoisotopic (exact) mass is 355 g/mol. The van der Waals surface area contributed by atoms with Gasteiger partial charge in [-0.3, -0.25) is 4.72 Å². The standard InChI is InChI=1S/C15H17NO5S2/c1-3-5-10-8-11(14-15(13(10)19-2)21-9-20-14)16-23(17,18)12-6-4-7-22-12/h4,6-8,16H,3,5,9H2,1-2H3. The van der Waals surface area contributed by atoms with Crippen molar-refractivity contribution in [2.24, 2.45) is 0 Å². The van der Waals surface area contributed by atoms with E-state index in [1.165, 1.54) is 0 Å². The van der Waals surface area contributed by atoms with Crippen molar-refractivity contribution >= 4 is 27.0 Å². The smallest absolute Gasteiger partial charge is 0.271 e. The zero-order valence-corrected chi connectivity index (χ0v) is 14.4. The third-order valence-corrected chi connectivity index (χ3v) is 6.16. The van der Waals surface area contributed by atoms with Crippen LogP contribution in [0.3, 0.4) is 0 Å². The fraction of sp³-hybridized carbons (Fsp3) is 0.333. The van der Waals surface area contributed by atoms with E-state index in [2.05, 4.69) is 4.72 Å². The van der Waals surface area contributed by atoms with Crippen LogP contribution in [0.5, 0.6) is 17.2 Å². The Labute approximate surface area is 139 Å². The van der Waals surface area contributed by atoms with Gasteiger partial charge in [-0.15, -0.1) is 11.3 Å². The maximum Gasteiger partial charge on any atom is 0.271 e. The Morgan fingerprint density at radius 3 is 2.78 bits per heavy atom. The lowest BCUT2D eigenvalue weighted by atomic mass is 10.1. The van der Waals surface area contributed by atoms with Gasteiger partial charge in [0.1, 0.15) is 4.21 Å². The number of rotatable bonds is 6. The van der Waals surface area contributed by atoms with Crippen LogP contribution in [0, 0.1) is 0 Å². The minimum atomic E-state index is -3.65. The molecule has 1 aliphatic heterocycles. The summed E-state index contributed by atoms with van der Waals surface area (Å²) in [5, 5.41) is 1.72. The van der Waals surface area contributed by atoms with Gasteiger partial charge in [0, 0.05) is 5.56 Å². The molecule has 1 aromatic heterocycles. The number of methoxy groups -OCH3 is 1. The van der Waals surface area contributed by atoms with E-state index in [1.54, 1.807) is 30.7 Å². The lowest BCUT2D eigenvalue weighted by Gasteiger charge is -2.15. The third kappa shape index (κ3) is 2.96. The quantitative estimate of drug-likeness (QED) is 0.861. The molecule has 0 amide bonds. The van der Waals surface area contributed by atoms with Crippen molar-refractivity contribution in [3.05, 3.63) is 29.1 Å². The predicted molar refractivity (Wildman–Crippen MR) is 88.2 cm³/mol. The first-order valence-electron chi connectivity index (χ1n) is 7.12. The topological polar surface area (TPSA) is 73.9 Å². The fourth-order valence-electron chi connectivity index (χ4n) is 2.46. The SMILES string of the molecule is CCCc1cc(NS(=O)(=O)c2cccs2)c2c(c1OC)OCO2. The van der Waals surface area contributed by atoms with Crippen molar-refractivity contribution in [2.45, 2.75) is 24.0 Å². The predicted octanol–water partition coefficient (Wildman–Crippen LogP) is 3.24. The highest BCUT2D eigenvalue weighted by molar-refractivity contribution is 7.94. The molecule has 1 aromatic carbocycles. The lowest BCUT2D eigenvalue weighted by Crippen LogP contribution is -2.12. The van der Waals surface area contributed by atoms with Gasteiger partial charge < -0.3 is 14.2 Å². The molecule has 0 bridgehead atoms. The molecule has 6 nitrogen and oxygen atoms in total. The van der Waals surface area contributed by atoms with Crippen LogP contribution in [0.2, 0.25) is 0 Å². The van der Waals surface area contributed by atoms with Gasteiger partial charge in [0.15, 0.2) is 11.5 Å². The molecule has 2 heterocycles. The molecule has 8 heteroatoms. The summed E-state index contributed by atoms with van der Waals surface area (Å²) in [7, 11) is -2.09. The Bertz CT molecular complexity index is 800. The van der Waals surface area contributed by atoms with Gasteiger partial charge in [-0.2, -0.15) is 0 Å². The Kier molecular flexibility index (Phi) is 4.36. The average Bonchev–Trinajstić information content (AvgIpc) is 3.19. The number of nitrogens with one attached hydrogen (secondary N) is 1. The van der Waals surface area contributed by atoms with Crippen molar-refractivity contribution < 1.29 is 22.6 Å². The first-order valence-corrected chi connectivity index (χ1v) is 9.49. The second kappa shape index (κ2) is 6.29. The number of thiophene rings is 1. The molecule has 1 N–H and O–H groups in total. The van der Waals surface area contributed by atoms with Crippen LogP contribution in [-0.4, -0.2) is 22.3 Å². The summed E-state index contributed by atoms with van der Waals surface area (Å²) in [4.78, 5) is 0. The Balaban J connectivity index is 2.06. The number of anilines is 1. The first-order chi connectivity index (χ1) is 11.1. The normalized spacial score (nSPS) is 13.1. The van der Waals surface area contributed by atoms with Crippen LogP contribution >= 0.6 is 11.3 Å². The van der Waals surface area contributed by atoms with E-state index in [-0.39, 0.29) is 11.0 Å². The molecule has 0 fully saturated rings. The van der Waals surface area contributed by atoms with E-state index in [1.807, 2.05) is 6.92 Å². The number of fused-ring (bicyclic) bond motifs is 1. The van der Waals surface area contributed by atoms with Crippen molar-refractivity contribution in [2.75, 3.05) is 18.6 Å². The summed E-state index contributed by atoms with van der Waals surface area (Å²) in [6.45, 7) is 2.08. The Morgan fingerprint density at radius 1 is 1.35 bits per heavy atom. The molecule has 0 saturated carbocycles. The molecular weight excluding hydrogens is 338 g/mol. The molecule has 124 valence electrons. The minimum Gasteiger partial charge on any atom is -0.492 e. The number of hydrogen-bond donors (Lipinski definition) is 1. The van der Waals surface area contributed by atoms with E-state index >= 15 is 0 Å². The molecule has 3 rings (SSSR count). The number of aryl methyl sites for hydroxylation is 1. The molecule has 2 aromatic rings. The minimum absolute atomic E-state index is 0.0367. The molecule has 0 saturated heterocycles. The summed E-state index contributed by atoms with van der Waals surface area (Å²) >= 11 is 1.16. The van der Waals surface area contributed by atoms with E-state index in [0.29, 0.717) is 22.9 Å². The van der Waals surface area contributed by atoms with Crippen LogP contribution in [0.15, 0.2) is 27.8 Å². The van der Waals surface area contributed by atoms with Crippen LogP contribution in [0.1, 0.15) is 18.9 Å². The van der Waals surface area contributed by atoms with Gasteiger partial charge in [-0.05, 0) is 23.9 Å². The molecule has 0 aliphatic carbocycles. The number of hydrogen-bond acceptors (Lipinski definition) is 6. The highest BCUT2D eigenvalue weighted by atomic mass is 32.2. The van der Waals surface area contributed by atoms with Crippen LogP contribution in [-0.2, 0) is 16.4 Å². The Hall–Kier alpha value is -1.93. The highest BCUT2D eigenvalue weighted by Crippen LogP contribution is 2.49. The molecule has 0 radical (unpaired) electrons. The summed E-state index contributed by atoms with van der Waals surface area (Å²) < 4.78 is 44.1. The zero-order chi connectivity index (χ0) is 16.4. The van der Waals surface area contributed by atoms with E-state index in [4.69, 9.17) is 14.2 Å². The third-order valence-electron chi connectivity index (χ3n) is 3.40. The number of sulfonamides is 1. The summed E-state index contributed by atoms with van der Waals surface area (Å²) in [5.74, 6) is 1.41. The van der Waals surface area contributed by atoms with Gasteiger partial charge in [0.25, 0.3) is 10.0 Å². The van der Waals surface area contributed by atoms with Gasteiger partial charge in [-0.1, -0.05) is 19.4 Å². The maximum atomic E-state index is 12.5. The number of benzene rings is 1. The molecule has 0 spiro atoms. The van der Waals surface area contributed by atoms with Gasteiger partial charge in [-0.25, -0.2) is 8.42 Å². The molecule has 23 heavy (non-hydrogen) atoms. The lowest BCUT2D eigenvalue weighted by molar-refractivity contribution is 0.171. The summed E-state index contributed by atoms with van der Waals surface area (Å²) in [6.07, 6.45) is 1.64. The second-order valence-corrected chi connectivity index (χ2v) is 7.83. The molecule has 0 atom stereocenters. The van der Waals surface area contributed by atoms with E-state index in [0.717, 1.165) is 29.7 Å². The average molecular weight is 355 g/mol. The van der Waals surface area contributed by atoms with E-state index in [9.17, 15) is 8.42 Å². The van der Waals surface area contributed by atoms with Crippen molar-refractivity contribution in [1.82, 2.24) is 0 Å². The van der Waals surface area contributed by atoms with Crippen LogP contribution in [0.4, 0.5) is 5.69 Å². The molecule has 1 aliphatic rings. The van der Waals surface area contributed by atoms with Gasteiger partial charge in [0.2, 0.25) is 12.5 Å². The maximum absolute atomic E-state index is 12.5. The van der Waals surface area contributed by atoms with Crippen molar-refractivity contribution in [3.8, 4) is 17.2 Å². The Morgan fingerprint density at radius 2 is 2.13 bits per heavy atom. The zero-order valence-electron chi connectivity index (χ0n) is 12.8. The van der Waals surface area contributed by atoms with Crippen LogP contribution < -0.4 is 18.9 Å². The number of ether oxygens (including phenoxy) is 3. The van der Waals surface area contributed by atoms with E-state index < -0.39 is 10.0 Å². The molecule has 0 unspecified atom stereocenters. The fourth-order valence-corrected chi connectivity index (χ4v) is 4.51. The second-order valence-electron chi connectivity index (χ2n) is 4.97. The summed E-state index contributed by atoms with van der Waals surface area (Å²) in [5.41, 5.74) is 1.25. The molecular formula is C15H17NO5S2.